The van der Waals surface area contributed by atoms with Gasteiger partial charge in [0.2, 0.25) is 5.91 Å². The zero-order valence-corrected chi connectivity index (χ0v) is 11.3. The highest BCUT2D eigenvalue weighted by molar-refractivity contribution is 5.85. The van der Waals surface area contributed by atoms with E-state index in [0.29, 0.717) is 6.61 Å². The molecule has 0 aromatic heterocycles. The summed E-state index contributed by atoms with van der Waals surface area (Å²) in [5, 5.41) is 11.3. The van der Waals surface area contributed by atoms with E-state index in [2.05, 4.69) is 11.2 Å². The Balaban J connectivity index is 2.57. The van der Waals surface area contributed by atoms with Crippen LogP contribution in [0, 0.1) is 12.3 Å². The summed E-state index contributed by atoms with van der Waals surface area (Å²) in [5.41, 5.74) is 0.774. The van der Waals surface area contributed by atoms with Crippen molar-refractivity contribution < 1.29 is 19.4 Å². The summed E-state index contributed by atoms with van der Waals surface area (Å²) < 4.78 is 5.29. The van der Waals surface area contributed by atoms with Crippen LogP contribution < -0.4 is 10.1 Å². The Bertz CT molecular complexity index is 502. The molecule has 1 amide bonds. The fourth-order valence-electron chi connectivity index (χ4n) is 1.62. The summed E-state index contributed by atoms with van der Waals surface area (Å²) >= 11 is 0. The van der Waals surface area contributed by atoms with Crippen LogP contribution in [0.4, 0.5) is 0 Å². The quantitative estimate of drug-likeness (QED) is 0.734. The first kappa shape index (κ1) is 15.6. The maximum absolute atomic E-state index is 11.7. The average molecular weight is 275 g/mol. The van der Waals surface area contributed by atoms with Gasteiger partial charge in [-0.25, -0.2) is 4.79 Å². The van der Waals surface area contributed by atoms with Gasteiger partial charge in [-0.15, -0.1) is 12.3 Å². The van der Waals surface area contributed by atoms with E-state index < -0.39 is 12.0 Å². The molecular formula is C15H17NO4. The van der Waals surface area contributed by atoms with Crippen molar-refractivity contribution in [3.05, 3.63) is 29.8 Å². The van der Waals surface area contributed by atoms with Gasteiger partial charge < -0.3 is 15.2 Å². The number of hydrogen-bond acceptors (Lipinski definition) is 3. The number of amides is 1. The Kier molecular flexibility index (Phi) is 6.11. The number of terminal acetylenes is 1. The SMILES string of the molecule is C#CCC(NC(=O)Cc1ccc(OCC)cc1)C(=O)O. The van der Waals surface area contributed by atoms with E-state index in [1.165, 1.54) is 0 Å². The monoisotopic (exact) mass is 275 g/mol. The van der Waals surface area contributed by atoms with E-state index in [-0.39, 0.29) is 18.7 Å². The van der Waals surface area contributed by atoms with Crippen molar-refractivity contribution in [2.45, 2.75) is 25.8 Å². The van der Waals surface area contributed by atoms with Crippen LogP contribution in [0.2, 0.25) is 0 Å². The molecule has 0 aliphatic carbocycles. The highest BCUT2D eigenvalue weighted by Crippen LogP contribution is 2.12. The largest absolute Gasteiger partial charge is 0.494 e. The molecule has 1 aromatic carbocycles. The molecule has 0 saturated heterocycles. The maximum Gasteiger partial charge on any atom is 0.327 e. The van der Waals surface area contributed by atoms with E-state index in [1.807, 2.05) is 6.92 Å². The predicted octanol–water partition coefficient (Wildman–Crippen LogP) is 1.22. The minimum absolute atomic E-state index is 0.0374. The number of hydrogen-bond donors (Lipinski definition) is 2. The average Bonchev–Trinajstić information content (AvgIpc) is 2.40. The lowest BCUT2D eigenvalue weighted by atomic mass is 10.1. The molecule has 0 radical (unpaired) electrons. The molecule has 0 spiro atoms. The summed E-state index contributed by atoms with van der Waals surface area (Å²) in [7, 11) is 0. The molecule has 20 heavy (non-hydrogen) atoms. The van der Waals surface area contributed by atoms with Gasteiger partial charge in [-0.2, -0.15) is 0 Å². The maximum atomic E-state index is 11.7. The third kappa shape index (κ3) is 5.02. The highest BCUT2D eigenvalue weighted by Gasteiger charge is 2.18. The number of carbonyl (C=O) groups excluding carboxylic acids is 1. The molecule has 1 rings (SSSR count). The molecule has 0 aliphatic heterocycles. The lowest BCUT2D eigenvalue weighted by Crippen LogP contribution is -2.41. The number of carboxylic acid groups (broad SMARTS) is 1. The number of ether oxygens (including phenoxy) is 1. The van der Waals surface area contributed by atoms with Gasteiger partial charge in [0.1, 0.15) is 11.8 Å². The summed E-state index contributed by atoms with van der Waals surface area (Å²) in [6.07, 6.45) is 5.12. The van der Waals surface area contributed by atoms with Crippen molar-refractivity contribution in [3.63, 3.8) is 0 Å². The molecule has 1 atom stereocenters. The summed E-state index contributed by atoms with van der Waals surface area (Å²) in [6, 6.07) is 6.02. The highest BCUT2D eigenvalue weighted by atomic mass is 16.5. The standard InChI is InChI=1S/C15H17NO4/c1-3-5-13(15(18)19)16-14(17)10-11-6-8-12(9-7-11)20-4-2/h1,6-9,13H,4-5,10H2,2H3,(H,16,17)(H,18,19). The van der Waals surface area contributed by atoms with Crippen molar-refractivity contribution in [1.29, 1.82) is 0 Å². The fraction of sp³-hybridized carbons (Fsp3) is 0.333. The van der Waals surface area contributed by atoms with Crippen molar-refractivity contribution in [2.75, 3.05) is 6.61 Å². The third-order valence-electron chi connectivity index (χ3n) is 2.55. The molecule has 2 N–H and O–H groups in total. The number of aliphatic carboxylic acids is 1. The molecule has 5 heteroatoms. The minimum atomic E-state index is -1.14. The zero-order chi connectivity index (χ0) is 15.0. The van der Waals surface area contributed by atoms with Crippen LogP contribution in [-0.2, 0) is 16.0 Å². The van der Waals surface area contributed by atoms with Crippen LogP contribution in [0.5, 0.6) is 5.75 Å². The van der Waals surface area contributed by atoms with Crippen molar-refractivity contribution in [2.24, 2.45) is 0 Å². The predicted molar refractivity (Wildman–Crippen MR) is 74.3 cm³/mol. The number of nitrogens with one attached hydrogen (secondary N) is 1. The molecule has 0 aliphatic rings. The summed E-state index contributed by atoms with van der Waals surface area (Å²) in [4.78, 5) is 22.6. The van der Waals surface area contributed by atoms with Crippen molar-refractivity contribution >= 4 is 11.9 Å². The Morgan fingerprint density at radius 3 is 2.55 bits per heavy atom. The normalized spacial score (nSPS) is 11.2. The summed E-state index contributed by atoms with van der Waals surface area (Å²) in [6.45, 7) is 2.46. The zero-order valence-electron chi connectivity index (χ0n) is 11.3. The van der Waals surface area contributed by atoms with Crippen LogP contribution in [0.1, 0.15) is 18.9 Å². The Morgan fingerprint density at radius 1 is 1.40 bits per heavy atom. The lowest BCUT2D eigenvalue weighted by Gasteiger charge is -2.12. The molecule has 0 bridgehead atoms. The van der Waals surface area contributed by atoms with Gasteiger partial charge in [0.05, 0.1) is 13.0 Å². The van der Waals surface area contributed by atoms with Crippen molar-refractivity contribution in [3.8, 4) is 18.1 Å². The van der Waals surface area contributed by atoms with Gasteiger partial charge in [0.15, 0.2) is 0 Å². The molecule has 5 nitrogen and oxygen atoms in total. The first-order valence-corrected chi connectivity index (χ1v) is 6.24. The third-order valence-corrected chi connectivity index (χ3v) is 2.55. The van der Waals surface area contributed by atoms with Gasteiger partial charge in [0, 0.05) is 6.42 Å². The topological polar surface area (TPSA) is 75.6 Å². The Hall–Kier alpha value is -2.48. The van der Waals surface area contributed by atoms with Gasteiger partial charge >= 0.3 is 5.97 Å². The fourth-order valence-corrected chi connectivity index (χ4v) is 1.62. The van der Waals surface area contributed by atoms with Gasteiger partial charge in [-0.1, -0.05) is 12.1 Å². The molecule has 1 unspecified atom stereocenters. The number of benzene rings is 1. The summed E-state index contributed by atoms with van der Waals surface area (Å²) in [5.74, 6) is 1.44. The van der Waals surface area contributed by atoms with Crippen LogP contribution >= 0.6 is 0 Å². The Labute approximate surface area is 117 Å². The first-order valence-electron chi connectivity index (χ1n) is 6.24. The van der Waals surface area contributed by atoms with E-state index in [4.69, 9.17) is 16.3 Å². The number of carbonyl (C=O) groups is 2. The first-order chi connectivity index (χ1) is 9.56. The molecule has 1 aromatic rings. The van der Waals surface area contributed by atoms with E-state index >= 15 is 0 Å². The van der Waals surface area contributed by atoms with Crippen LogP contribution in [0.25, 0.3) is 0 Å². The van der Waals surface area contributed by atoms with E-state index in [9.17, 15) is 9.59 Å². The van der Waals surface area contributed by atoms with Crippen LogP contribution in [0.15, 0.2) is 24.3 Å². The van der Waals surface area contributed by atoms with Gasteiger partial charge in [-0.3, -0.25) is 4.79 Å². The second-order valence-corrected chi connectivity index (χ2v) is 4.12. The molecule has 0 saturated carbocycles. The second kappa shape index (κ2) is 7.85. The van der Waals surface area contributed by atoms with E-state index in [1.54, 1.807) is 24.3 Å². The lowest BCUT2D eigenvalue weighted by molar-refractivity contribution is -0.141. The van der Waals surface area contributed by atoms with Crippen LogP contribution in [-0.4, -0.2) is 29.6 Å². The molecular weight excluding hydrogens is 258 g/mol. The van der Waals surface area contributed by atoms with Crippen molar-refractivity contribution in [1.82, 2.24) is 5.32 Å². The number of rotatable bonds is 7. The Morgan fingerprint density at radius 2 is 2.05 bits per heavy atom. The van der Waals surface area contributed by atoms with Crippen LogP contribution in [0.3, 0.4) is 0 Å². The van der Waals surface area contributed by atoms with Gasteiger partial charge in [-0.05, 0) is 24.6 Å². The van der Waals surface area contributed by atoms with Gasteiger partial charge in [0.25, 0.3) is 0 Å². The smallest absolute Gasteiger partial charge is 0.327 e. The van der Waals surface area contributed by atoms with E-state index in [0.717, 1.165) is 11.3 Å². The molecule has 0 fully saturated rings. The number of carboxylic acids is 1. The molecule has 106 valence electrons. The second-order valence-electron chi connectivity index (χ2n) is 4.12. The molecule has 0 heterocycles. The minimum Gasteiger partial charge on any atom is -0.494 e.